The lowest BCUT2D eigenvalue weighted by Gasteiger charge is -2.34. The highest BCUT2D eigenvalue weighted by molar-refractivity contribution is 5.98. The zero-order chi connectivity index (χ0) is 38.2. The van der Waals surface area contributed by atoms with E-state index in [9.17, 15) is 33.6 Å². The molecule has 288 valence electrons. The number of aryl methyl sites for hydroxylation is 1. The highest BCUT2D eigenvalue weighted by Crippen LogP contribution is 2.25. The van der Waals surface area contributed by atoms with Crippen molar-refractivity contribution in [1.29, 1.82) is 0 Å². The first-order chi connectivity index (χ1) is 25.3. The van der Waals surface area contributed by atoms with Gasteiger partial charge in [-0.15, -0.1) is 0 Å². The van der Waals surface area contributed by atoms with E-state index < -0.39 is 84.3 Å². The number of esters is 1. The molecule has 3 heterocycles. The maximum absolute atomic E-state index is 14.3. The molecule has 0 unspecified atom stereocenters. The lowest BCUT2D eigenvalue weighted by atomic mass is 9.89. The number of nitrogens with one attached hydrogen (secondary N) is 3. The van der Waals surface area contributed by atoms with E-state index in [1.165, 1.54) is 41.2 Å². The largest absolute Gasteiger partial charge is 0.461 e. The van der Waals surface area contributed by atoms with Crippen LogP contribution in [0.3, 0.4) is 0 Å². The smallest absolute Gasteiger partial charge is 0.328 e. The predicted octanol–water partition coefficient (Wildman–Crippen LogP) is 1.53. The number of rotatable bonds is 7. The van der Waals surface area contributed by atoms with Crippen LogP contribution in [0.4, 0.5) is 0 Å². The molecule has 6 amide bonds. The van der Waals surface area contributed by atoms with Crippen LogP contribution in [0.2, 0.25) is 0 Å². The zero-order valence-electron chi connectivity index (χ0n) is 31.3. The number of nitrogens with zero attached hydrogens (tertiary/aromatic N) is 3. The Kier molecular flexibility index (Phi) is 13.3. The minimum absolute atomic E-state index is 0.134. The van der Waals surface area contributed by atoms with Gasteiger partial charge in [0.15, 0.2) is 0 Å². The molecule has 4 aliphatic rings. The van der Waals surface area contributed by atoms with E-state index in [0.717, 1.165) is 36.8 Å². The van der Waals surface area contributed by atoms with Crippen LogP contribution >= 0.6 is 0 Å². The summed E-state index contributed by atoms with van der Waals surface area (Å²) in [4.78, 5) is 99.6. The Bertz CT molecular complexity index is 1590. The van der Waals surface area contributed by atoms with Crippen molar-refractivity contribution in [3.63, 3.8) is 0 Å². The second-order valence-electron chi connectivity index (χ2n) is 14.9. The molecule has 4 fully saturated rings. The van der Waals surface area contributed by atoms with E-state index in [4.69, 9.17) is 4.74 Å². The summed E-state index contributed by atoms with van der Waals surface area (Å²) >= 11 is 0. The van der Waals surface area contributed by atoms with Gasteiger partial charge in [0.2, 0.25) is 35.4 Å². The molecule has 0 radical (unpaired) electrons. The van der Waals surface area contributed by atoms with E-state index in [2.05, 4.69) is 16.0 Å². The van der Waals surface area contributed by atoms with Gasteiger partial charge in [-0.2, -0.15) is 0 Å². The Morgan fingerprint density at radius 3 is 2.25 bits per heavy atom. The molecule has 1 saturated carbocycles. The molecule has 1 aromatic rings. The zero-order valence-corrected chi connectivity index (χ0v) is 31.3. The number of likely N-dealkylation sites (N-methyl/N-ethyl adjacent to an activating group) is 1. The minimum atomic E-state index is -1.41. The van der Waals surface area contributed by atoms with Crippen LogP contribution < -0.4 is 16.0 Å². The molecule has 14 heteroatoms. The number of hydrogen-bond acceptors (Lipinski definition) is 8. The van der Waals surface area contributed by atoms with E-state index >= 15 is 0 Å². The number of ether oxygens (including phenoxy) is 1. The lowest BCUT2D eigenvalue weighted by Crippen LogP contribution is -2.60. The Morgan fingerprint density at radius 2 is 1.55 bits per heavy atom. The number of fused-ring (bicyclic) bond motifs is 2. The molecule has 3 N–H and O–H groups in total. The van der Waals surface area contributed by atoms with Crippen LogP contribution in [0.15, 0.2) is 36.4 Å². The fourth-order valence-corrected chi connectivity index (χ4v) is 7.76. The number of carbonyl (C=O) groups excluding carboxylic acids is 7. The third kappa shape index (κ3) is 9.63. The Morgan fingerprint density at radius 1 is 0.887 bits per heavy atom. The highest BCUT2D eigenvalue weighted by Gasteiger charge is 2.43. The normalized spacial score (nSPS) is 27.3. The van der Waals surface area contributed by atoms with Gasteiger partial charge in [0.05, 0.1) is 0 Å². The fraction of sp³-hybridized carbons (Fsp3) is 0.615. The average molecular weight is 735 g/mol. The standard InChI is InChI=1S/C39H54N6O8/c1-24-12-8-9-15-28(24)22-29(41-33(46)19-18-27-13-6-5-7-14-27)35(48)42-30-23-53-39(52)32-17-11-21-45(32)36(49)25(2)40-34(47)26(3)43(4)38(51)31-16-10-20-44(31)37(30)50/h8-9,12,15,18-19,25-27,29-32H,5-7,10-11,13-14,16-17,20-23H2,1-4H3,(H,40,47)(H,41,46)(H,42,48)/t25-,26-,29-,30-,31-,32-/m0/s1. The topological polar surface area (TPSA) is 175 Å². The second-order valence-corrected chi connectivity index (χ2v) is 14.9. The van der Waals surface area contributed by atoms with Gasteiger partial charge < -0.3 is 35.4 Å². The predicted molar refractivity (Wildman–Crippen MR) is 195 cm³/mol. The van der Waals surface area contributed by atoms with Crippen molar-refractivity contribution in [3.05, 3.63) is 47.5 Å². The van der Waals surface area contributed by atoms with Gasteiger partial charge in [-0.25, -0.2) is 4.79 Å². The Hall–Kier alpha value is -4.75. The summed E-state index contributed by atoms with van der Waals surface area (Å²) < 4.78 is 5.69. The van der Waals surface area contributed by atoms with E-state index in [1.54, 1.807) is 6.92 Å². The molecule has 1 aromatic carbocycles. The summed E-state index contributed by atoms with van der Waals surface area (Å²) in [6, 6.07) is 1.21. The van der Waals surface area contributed by atoms with E-state index in [1.807, 2.05) is 37.3 Å². The molecule has 0 aromatic heterocycles. The third-order valence-corrected chi connectivity index (χ3v) is 11.2. The van der Waals surface area contributed by atoms with E-state index in [-0.39, 0.29) is 19.5 Å². The molecule has 6 atom stereocenters. The van der Waals surface area contributed by atoms with Crippen molar-refractivity contribution >= 4 is 41.4 Å². The Labute approximate surface area is 311 Å². The minimum Gasteiger partial charge on any atom is -0.461 e. The van der Waals surface area contributed by atoms with Crippen LogP contribution in [0, 0.1) is 12.8 Å². The summed E-state index contributed by atoms with van der Waals surface area (Å²) in [6.45, 7) is 4.91. The molecule has 53 heavy (non-hydrogen) atoms. The average Bonchev–Trinajstić information content (AvgIpc) is 3.85. The number of allylic oxidation sites excluding steroid dienone is 1. The maximum Gasteiger partial charge on any atom is 0.328 e. The molecule has 1 aliphatic carbocycles. The monoisotopic (exact) mass is 734 g/mol. The van der Waals surface area contributed by atoms with Gasteiger partial charge in [0.25, 0.3) is 0 Å². The summed E-state index contributed by atoms with van der Waals surface area (Å²) in [7, 11) is 1.47. The number of cyclic esters (lactones) is 1. The Balaban J connectivity index is 1.42. The van der Waals surface area contributed by atoms with Crippen LogP contribution in [-0.2, 0) is 44.7 Å². The quantitative estimate of drug-likeness (QED) is 0.280. The van der Waals surface area contributed by atoms with Gasteiger partial charge in [0.1, 0.15) is 42.9 Å². The van der Waals surface area contributed by atoms with Crippen molar-refractivity contribution in [2.45, 2.75) is 121 Å². The molecule has 3 saturated heterocycles. The van der Waals surface area contributed by atoms with Crippen molar-refractivity contribution in [2.24, 2.45) is 5.92 Å². The third-order valence-electron chi connectivity index (χ3n) is 11.2. The molecule has 0 bridgehead atoms. The first-order valence-electron chi connectivity index (χ1n) is 19.0. The molecule has 5 rings (SSSR count). The summed E-state index contributed by atoms with van der Waals surface area (Å²) in [6.07, 6.45) is 10.6. The molecule has 3 aliphatic heterocycles. The van der Waals surface area contributed by atoms with Gasteiger partial charge in [-0.3, -0.25) is 28.8 Å². The summed E-state index contributed by atoms with van der Waals surface area (Å²) in [5.74, 6) is -3.67. The lowest BCUT2D eigenvalue weighted by molar-refractivity contribution is -0.158. The number of benzene rings is 1. The summed E-state index contributed by atoms with van der Waals surface area (Å²) in [5.41, 5.74) is 1.74. The number of carbonyl (C=O) groups is 7. The first kappa shape index (κ1) is 39.5. The first-order valence-corrected chi connectivity index (χ1v) is 19.0. The van der Waals surface area contributed by atoms with Crippen LogP contribution in [-0.4, -0.2) is 119 Å². The van der Waals surface area contributed by atoms with Gasteiger partial charge in [0, 0.05) is 26.6 Å². The van der Waals surface area contributed by atoms with Crippen molar-refractivity contribution in [1.82, 2.24) is 30.7 Å². The SMILES string of the molecule is Cc1ccccc1C[C@H](NC(=O)C=CC1CCCCC1)C(=O)N[C@H]1COC(=O)[C@@H]2CCCN2C(=O)[C@H](C)NC(=O)[C@H](C)N(C)C(=O)[C@@H]2CCCN2C1=O. The van der Waals surface area contributed by atoms with Crippen LogP contribution in [0.1, 0.15) is 82.8 Å². The second kappa shape index (κ2) is 17.8. The molecule has 0 spiro atoms. The maximum atomic E-state index is 14.3. The van der Waals surface area contributed by atoms with Crippen LogP contribution in [0.5, 0.6) is 0 Å². The van der Waals surface area contributed by atoms with Crippen molar-refractivity contribution in [3.8, 4) is 0 Å². The van der Waals surface area contributed by atoms with Gasteiger partial charge in [-0.1, -0.05) is 49.6 Å². The van der Waals surface area contributed by atoms with Crippen molar-refractivity contribution in [2.75, 3.05) is 26.7 Å². The molecular weight excluding hydrogens is 680 g/mol. The highest BCUT2D eigenvalue weighted by atomic mass is 16.5. The van der Waals surface area contributed by atoms with E-state index in [0.29, 0.717) is 31.6 Å². The van der Waals surface area contributed by atoms with Crippen LogP contribution in [0.25, 0.3) is 0 Å². The number of hydrogen-bond donors (Lipinski definition) is 3. The van der Waals surface area contributed by atoms with Gasteiger partial charge >= 0.3 is 5.97 Å². The molecular formula is C39H54N6O8. The van der Waals surface area contributed by atoms with Crippen molar-refractivity contribution < 1.29 is 38.3 Å². The number of amides is 6. The van der Waals surface area contributed by atoms with Gasteiger partial charge in [-0.05, 0) is 82.4 Å². The fourth-order valence-electron chi connectivity index (χ4n) is 7.76. The summed E-state index contributed by atoms with van der Waals surface area (Å²) in [5, 5.41) is 8.26. The molecule has 14 nitrogen and oxygen atoms in total.